The largest absolute Gasteiger partial charge is 0.495 e. The predicted molar refractivity (Wildman–Crippen MR) is 117 cm³/mol. The minimum absolute atomic E-state index is 0.140. The molecule has 0 spiro atoms. The number of rotatable bonds is 7. The summed E-state index contributed by atoms with van der Waals surface area (Å²) in [4.78, 5) is 13.0. The molecule has 2 aromatic carbocycles. The zero-order chi connectivity index (χ0) is 22.4. The van der Waals surface area contributed by atoms with E-state index < -0.39 is 5.91 Å². The maximum absolute atomic E-state index is 13.0. The molecule has 11 heteroatoms. The number of carbonyl (C=O) groups excluding carboxylic acids is 1. The van der Waals surface area contributed by atoms with Crippen LogP contribution in [0.15, 0.2) is 24.3 Å². The van der Waals surface area contributed by atoms with Gasteiger partial charge < -0.3 is 29.4 Å². The van der Waals surface area contributed by atoms with Crippen LogP contribution < -0.4 is 39.9 Å². The van der Waals surface area contributed by atoms with Gasteiger partial charge in [0.2, 0.25) is 5.75 Å². The van der Waals surface area contributed by atoms with Crippen LogP contribution in [0.2, 0.25) is 5.02 Å². The van der Waals surface area contributed by atoms with Crippen molar-refractivity contribution >= 4 is 40.5 Å². The van der Waals surface area contributed by atoms with Crippen molar-refractivity contribution in [1.82, 2.24) is 5.43 Å². The highest BCUT2D eigenvalue weighted by atomic mass is 35.5. The summed E-state index contributed by atoms with van der Waals surface area (Å²) in [6.07, 6.45) is 0. The van der Waals surface area contributed by atoms with Gasteiger partial charge in [-0.1, -0.05) is 11.6 Å². The van der Waals surface area contributed by atoms with E-state index in [4.69, 9.17) is 53.2 Å². The molecule has 0 aliphatic heterocycles. The molecule has 0 bridgehead atoms. The van der Waals surface area contributed by atoms with Crippen molar-refractivity contribution in [3.8, 4) is 28.7 Å². The minimum Gasteiger partial charge on any atom is -0.495 e. The van der Waals surface area contributed by atoms with Gasteiger partial charge in [-0.15, -0.1) is 0 Å². The molecule has 3 N–H and O–H groups in total. The monoisotopic (exact) mass is 455 g/mol. The molecule has 0 saturated heterocycles. The lowest BCUT2D eigenvalue weighted by molar-refractivity contribution is 0.0954. The van der Waals surface area contributed by atoms with Crippen molar-refractivity contribution in [3.63, 3.8) is 0 Å². The van der Waals surface area contributed by atoms with E-state index in [1.807, 2.05) is 0 Å². The Kier molecular flexibility index (Phi) is 7.79. The molecule has 0 aromatic heterocycles. The fourth-order valence-electron chi connectivity index (χ4n) is 2.63. The molecule has 0 aliphatic rings. The molecule has 0 heterocycles. The number of anilines is 1. The van der Waals surface area contributed by atoms with Gasteiger partial charge in [-0.25, -0.2) is 5.01 Å². The van der Waals surface area contributed by atoms with Crippen molar-refractivity contribution in [2.45, 2.75) is 0 Å². The lowest BCUT2D eigenvalue weighted by Crippen LogP contribution is -2.49. The Morgan fingerprint density at radius 1 is 0.900 bits per heavy atom. The molecular weight excluding hydrogens is 434 g/mol. The number of nitrogens with one attached hydrogen (secondary N) is 1. The Morgan fingerprint density at radius 2 is 1.43 bits per heavy atom. The minimum atomic E-state index is -0.543. The third-order valence-corrected chi connectivity index (χ3v) is 4.53. The average Bonchev–Trinajstić information content (AvgIpc) is 2.75. The van der Waals surface area contributed by atoms with E-state index in [0.29, 0.717) is 39.5 Å². The summed E-state index contributed by atoms with van der Waals surface area (Å²) < 4.78 is 26.4. The average molecular weight is 456 g/mol. The number of nitrogens with two attached hydrogens (primary N) is 1. The summed E-state index contributed by atoms with van der Waals surface area (Å²) in [5.41, 5.74) is 9.02. The number of thiocarbonyl (C=S) groups is 1. The van der Waals surface area contributed by atoms with E-state index in [0.717, 1.165) is 0 Å². The Hall–Kier alpha value is -3.11. The molecule has 0 aliphatic carbocycles. The number of halogens is 1. The molecule has 0 saturated carbocycles. The molecule has 2 aromatic rings. The number of nitrogens with zero attached hydrogens (tertiary/aromatic N) is 1. The van der Waals surface area contributed by atoms with Crippen molar-refractivity contribution in [2.75, 3.05) is 40.6 Å². The van der Waals surface area contributed by atoms with Crippen LogP contribution in [-0.2, 0) is 0 Å². The summed E-state index contributed by atoms with van der Waals surface area (Å²) in [6, 6.07) is 6.05. The Morgan fingerprint density at radius 3 is 1.87 bits per heavy atom. The van der Waals surface area contributed by atoms with Gasteiger partial charge in [-0.3, -0.25) is 10.2 Å². The second kappa shape index (κ2) is 10.1. The Balaban J connectivity index is 2.48. The number of hydrogen-bond donors (Lipinski definition) is 2. The van der Waals surface area contributed by atoms with Crippen LogP contribution >= 0.6 is 23.8 Å². The van der Waals surface area contributed by atoms with Gasteiger partial charge in [0, 0.05) is 17.7 Å². The van der Waals surface area contributed by atoms with Gasteiger partial charge >= 0.3 is 0 Å². The Labute approximate surface area is 184 Å². The highest BCUT2D eigenvalue weighted by Gasteiger charge is 2.23. The van der Waals surface area contributed by atoms with Crippen LogP contribution in [0.1, 0.15) is 10.4 Å². The zero-order valence-electron chi connectivity index (χ0n) is 17.1. The first-order valence-corrected chi connectivity index (χ1v) is 9.21. The first kappa shape index (κ1) is 23.2. The van der Waals surface area contributed by atoms with Gasteiger partial charge in [-0.05, 0) is 24.4 Å². The summed E-state index contributed by atoms with van der Waals surface area (Å²) in [6.45, 7) is 0. The van der Waals surface area contributed by atoms with E-state index in [2.05, 4.69) is 5.43 Å². The number of methoxy groups -OCH3 is 5. The second-order valence-corrected chi connectivity index (χ2v) is 6.51. The van der Waals surface area contributed by atoms with Gasteiger partial charge in [-0.2, -0.15) is 0 Å². The summed E-state index contributed by atoms with van der Waals surface area (Å²) in [7, 11) is 7.27. The van der Waals surface area contributed by atoms with Gasteiger partial charge in [0.1, 0.15) is 17.2 Å². The second-order valence-electron chi connectivity index (χ2n) is 5.69. The molecule has 162 valence electrons. The van der Waals surface area contributed by atoms with Gasteiger partial charge in [0.15, 0.2) is 16.6 Å². The van der Waals surface area contributed by atoms with Crippen LogP contribution in [0.5, 0.6) is 28.7 Å². The molecular formula is C19H22ClN3O6S. The highest BCUT2D eigenvalue weighted by Crippen LogP contribution is 2.39. The molecule has 30 heavy (non-hydrogen) atoms. The smallest absolute Gasteiger partial charge is 0.270 e. The topological polar surface area (TPSA) is 105 Å². The van der Waals surface area contributed by atoms with Crippen molar-refractivity contribution in [3.05, 3.63) is 34.9 Å². The quantitative estimate of drug-likeness (QED) is 0.481. The summed E-state index contributed by atoms with van der Waals surface area (Å²) >= 11 is 11.3. The zero-order valence-corrected chi connectivity index (χ0v) is 18.6. The normalized spacial score (nSPS) is 10.1. The third-order valence-electron chi connectivity index (χ3n) is 4.05. The number of carbonyl (C=O) groups is 1. The summed E-state index contributed by atoms with van der Waals surface area (Å²) in [5, 5.41) is 1.36. The molecule has 0 unspecified atom stereocenters. The fraction of sp³-hybridized carbons (Fsp3) is 0.263. The summed E-state index contributed by atoms with van der Waals surface area (Å²) in [5.74, 6) is 1.10. The molecule has 2 rings (SSSR count). The van der Waals surface area contributed by atoms with E-state index >= 15 is 0 Å². The van der Waals surface area contributed by atoms with Crippen molar-refractivity contribution < 1.29 is 28.5 Å². The fourth-order valence-corrected chi connectivity index (χ4v) is 3.01. The van der Waals surface area contributed by atoms with E-state index in [1.54, 1.807) is 0 Å². The van der Waals surface area contributed by atoms with Crippen LogP contribution in [0.3, 0.4) is 0 Å². The standard InChI is InChI=1S/C19H22ClN3O6S/c1-25-13-9-12(14(26-2)8-11(13)20)23(19(21)30)22-18(24)10-6-15(27-3)17(29-5)16(7-10)28-4/h6-9H,1-5H3,(H2,21,30)(H,22,24). The SMILES string of the molecule is COc1cc(N(NC(=O)c2cc(OC)c(OC)c(OC)c2)C(N)=S)c(OC)cc1Cl. The van der Waals surface area contributed by atoms with Crippen molar-refractivity contribution in [2.24, 2.45) is 5.73 Å². The highest BCUT2D eigenvalue weighted by molar-refractivity contribution is 7.80. The number of ether oxygens (including phenoxy) is 5. The molecule has 0 fully saturated rings. The molecule has 0 atom stereocenters. The molecule has 0 radical (unpaired) electrons. The Bertz CT molecular complexity index is 931. The lowest BCUT2D eigenvalue weighted by atomic mass is 10.1. The van der Waals surface area contributed by atoms with Gasteiger partial charge in [0.05, 0.1) is 40.6 Å². The van der Waals surface area contributed by atoms with Crippen LogP contribution in [-0.4, -0.2) is 46.6 Å². The van der Waals surface area contributed by atoms with Gasteiger partial charge in [0.25, 0.3) is 5.91 Å². The van der Waals surface area contributed by atoms with E-state index in [9.17, 15) is 4.79 Å². The van der Waals surface area contributed by atoms with Crippen molar-refractivity contribution in [1.29, 1.82) is 0 Å². The van der Waals surface area contributed by atoms with E-state index in [-0.39, 0.29) is 10.7 Å². The number of benzene rings is 2. The van der Waals surface area contributed by atoms with Crippen LogP contribution in [0, 0.1) is 0 Å². The van der Waals surface area contributed by atoms with Crippen LogP contribution in [0.4, 0.5) is 5.69 Å². The first-order chi connectivity index (χ1) is 14.3. The maximum Gasteiger partial charge on any atom is 0.270 e. The number of amides is 1. The number of hydrazine groups is 1. The van der Waals surface area contributed by atoms with Crippen LogP contribution in [0.25, 0.3) is 0 Å². The lowest BCUT2D eigenvalue weighted by Gasteiger charge is -2.26. The molecule has 9 nitrogen and oxygen atoms in total. The van der Waals surface area contributed by atoms with E-state index in [1.165, 1.54) is 64.8 Å². The maximum atomic E-state index is 13.0. The number of hydrogen-bond acceptors (Lipinski definition) is 7. The first-order valence-electron chi connectivity index (χ1n) is 8.43. The molecule has 1 amide bonds. The predicted octanol–water partition coefficient (Wildman–Crippen LogP) is 2.78. The third kappa shape index (κ3) is 4.71.